The minimum Gasteiger partial charge on any atom is -0.335 e. The molecular formula is C16H21N3OS2. The van der Waals surface area contributed by atoms with Crippen LogP contribution in [-0.2, 0) is 6.54 Å². The normalized spacial score (nSPS) is 11.5. The topological polar surface area (TPSA) is 46.1 Å². The highest BCUT2D eigenvalue weighted by molar-refractivity contribution is 8.00. The van der Waals surface area contributed by atoms with Gasteiger partial charge < -0.3 is 4.90 Å². The first-order valence-corrected chi connectivity index (χ1v) is 8.76. The highest BCUT2D eigenvalue weighted by Gasteiger charge is 2.17. The number of thioether (sulfide) groups is 1. The zero-order valence-electron chi connectivity index (χ0n) is 13.6. The van der Waals surface area contributed by atoms with Gasteiger partial charge in [0.1, 0.15) is 5.01 Å². The zero-order valence-corrected chi connectivity index (χ0v) is 15.2. The standard InChI is InChI=1S/C16H21N3OS2/c1-11-10-21-14(18-11)9-19(5)15(20)12-6-7-17-13(8-12)22-16(2,3)4/h6-8,10H,9H2,1-5H3. The Labute approximate surface area is 140 Å². The van der Waals surface area contributed by atoms with E-state index in [1.54, 1.807) is 47.3 Å². The lowest BCUT2D eigenvalue weighted by molar-refractivity contribution is 0.0784. The van der Waals surface area contributed by atoms with Crippen molar-refractivity contribution in [3.63, 3.8) is 0 Å². The summed E-state index contributed by atoms with van der Waals surface area (Å²) < 4.78 is 0.0684. The third-order valence-corrected chi connectivity index (χ3v) is 4.77. The molecule has 2 rings (SSSR count). The van der Waals surface area contributed by atoms with Crippen LogP contribution in [-0.4, -0.2) is 32.6 Å². The Morgan fingerprint density at radius 1 is 1.41 bits per heavy atom. The predicted molar refractivity (Wildman–Crippen MR) is 92.5 cm³/mol. The minimum atomic E-state index is -0.00832. The number of aromatic nitrogens is 2. The van der Waals surface area contributed by atoms with Crippen molar-refractivity contribution in [3.8, 4) is 0 Å². The van der Waals surface area contributed by atoms with E-state index < -0.39 is 0 Å². The molecule has 0 unspecified atom stereocenters. The number of hydrogen-bond acceptors (Lipinski definition) is 5. The highest BCUT2D eigenvalue weighted by Crippen LogP contribution is 2.30. The first-order valence-electron chi connectivity index (χ1n) is 7.06. The fourth-order valence-electron chi connectivity index (χ4n) is 1.88. The Balaban J connectivity index is 2.10. The zero-order chi connectivity index (χ0) is 16.3. The molecule has 0 saturated carbocycles. The van der Waals surface area contributed by atoms with E-state index in [-0.39, 0.29) is 10.7 Å². The van der Waals surface area contributed by atoms with Crippen LogP contribution in [0.4, 0.5) is 0 Å². The van der Waals surface area contributed by atoms with Gasteiger partial charge in [0, 0.05) is 34.6 Å². The third-order valence-electron chi connectivity index (χ3n) is 2.78. The number of carbonyl (C=O) groups excluding carboxylic acids is 1. The average Bonchev–Trinajstić information content (AvgIpc) is 2.81. The van der Waals surface area contributed by atoms with Gasteiger partial charge in [0.25, 0.3) is 5.91 Å². The van der Waals surface area contributed by atoms with Gasteiger partial charge in [-0.15, -0.1) is 23.1 Å². The fourth-order valence-corrected chi connectivity index (χ4v) is 3.63. The van der Waals surface area contributed by atoms with Crippen LogP contribution in [0.15, 0.2) is 28.7 Å². The summed E-state index contributed by atoms with van der Waals surface area (Å²) in [6, 6.07) is 3.63. The van der Waals surface area contributed by atoms with Crippen molar-refractivity contribution in [2.24, 2.45) is 0 Å². The lowest BCUT2D eigenvalue weighted by Crippen LogP contribution is -2.26. The Morgan fingerprint density at radius 3 is 2.73 bits per heavy atom. The SMILES string of the molecule is Cc1csc(CN(C)C(=O)c2ccnc(SC(C)(C)C)c2)n1. The van der Waals surface area contributed by atoms with Crippen LogP contribution in [0, 0.1) is 6.92 Å². The monoisotopic (exact) mass is 335 g/mol. The second kappa shape index (κ2) is 6.79. The Bertz CT molecular complexity index is 661. The molecule has 4 nitrogen and oxygen atoms in total. The largest absolute Gasteiger partial charge is 0.335 e. The van der Waals surface area contributed by atoms with Crippen molar-refractivity contribution < 1.29 is 4.79 Å². The number of thiazole rings is 1. The van der Waals surface area contributed by atoms with E-state index in [0.29, 0.717) is 12.1 Å². The summed E-state index contributed by atoms with van der Waals surface area (Å²) in [5, 5.41) is 3.82. The van der Waals surface area contributed by atoms with Gasteiger partial charge in [0.05, 0.1) is 11.6 Å². The van der Waals surface area contributed by atoms with E-state index in [1.165, 1.54) is 0 Å². The number of nitrogens with zero attached hydrogens (tertiary/aromatic N) is 3. The lowest BCUT2D eigenvalue weighted by Gasteiger charge is -2.18. The molecule has 0 fully saturated rings. The predicted octanol–water partition coefficient (Wildman–Crippen LogP) is 4.01. The van der Waals surface area contributed by atoms with Gasteiger partial charge in [-0.1, -0.05) is 20.8 Å². The molecule has 22 heavy (non-hydrogen) atoms. The van der Waals surface area contributed by atoms with E-state index in [0.717, 1.165) is 15.7 Å². The minimum absolute atomic E-state index is 0.00832. The van der Waals surface area contributed by atoms with E-state index in [9.17, 15) is 4.79 Å². The van der Waals surface area contributed by atoms with Gasteiger partial charge >= 0.3 is 0 Å². The van der Waals surface area contributed by atoms with Crippen LogP contribution in [0.25, 0.3) is 0 Å². The summed E-state index contributed by atoms with van der Waals surface area (Å²) in [7, 11) is 1.80. The molecule has 6 heteroatoms. The van der Waals surface area contributed by atoms with Crippen LogP contribution < -0.4 is 0 Å². The molecule has 0 aliphatic heterocycles. The molecule has 0 spiro atoms. The van der Waals surface area contributed by atoms with Crippen molar-refractivity contribution in [1.29, 1.82) is 0 Å². The van der Waals surface area contributed by atoms with Gasteiger partial charge in [-0.25, -0.2) is 9.97 Å². The molecule has 1 amide bonds. The van der Waals surface area contributed by atoms with Crippen molar-refractivity contribution in [1.82, 2.24) is 14.9 Å². The van der Waals surface area contributed by atoms with Crippen molar-refractivity contribution >= 4 is 29.0 Å². The Hall–Kier alpha value is -1.40. The molecule has 2 heterocycles. The van der Waals surface area contributed by atoms with Gasteiger partial charge in [-0.05, 0) is 19.1 Å². The van der Waals surface area contributed by atoms with E-state index in [2.05, 4.69) is 30.7 Å². The molecule has 0 bridgehead atoms. The molecule has 0 aromatic carbocycles. The van der Waals surface area contributed by atoms with Gasteiger partial charge in [0.2, 0.25) is 0 Å². The first-order chi connectivity index (χ1) is 10.2. The van der Waals surface area contributed by atoms with E-state index in [4.69, 9.17) is 0 Å². The van der Waals surface area contributed by atoms with Crippen molar-refractivity contribution in [2.75, 3.05) is 7.05 Å². The molecular weight excluding hydrogens is 314 g/mol. The molecule has 0 aliphatic carbocycles. The molecule has 0 aliphatic rings. The number of aryl methyl sites for hydroxylation is 1. The van der Waals surface area contributed by atoms with Crippen molar-refractivity contribution in [3.05, 3.63) is 40.0 Å². The van der Waals surface area contributed by atoms with Crippen LogP contribution >= 0.6 is 23.1 Å². The average molecular weight is 335 g/mol. The molecule has 0 N–H and O–H groups in total. The maximum atomic E-state index is 12.5. The van der Waals surface area contributed by atoms with Crippen LogP contribution in [0.1, 0.15) is 41.8 Å². The summed E-state index contributed by atoms with van der Waals surface area (Å²) >= 11 is 3.24. The van der Waals surface area contributed by atoms with Crippen LogP contribution in [0.2, 0.25) is 0 Å². The van der Waals surface area contributed by atoms with Gasteiger partial charge in [0.15, 0.2) is 0 Å². The van der Waals surface area contributed by atoms with E-state index in [1.807, 2.05) is 18.4 Å². The van der Waals surface area contributed by atoms with Crippen molar-refractivity contribution in [2.45, 2.75) is 44.0 Å². The molecule has 0 saturated heterocycles. The second-order valence-electron chi connectivity index (χ2n) is 6.14. The van der Waals surface area contributed by atoms with Gasteiger partial charge in [-0.3, -0.25) is 4.79 Å². The molecule has 2 aromatic heterocycles. The summed E-state index contributed by atoms with van der Waals surface area (Å²) in [6.45, 7) is 8.88. The molecule has 2 aromatic rings. The number of carbonyl (C=O) groups is 1. The summed E-state index contributed by atoms with van der Waals surface area (Å²) in [4.78, 5) is 23.0. The molecule has 0 radical (unpaired) electrons. The number of amides is 1. The Morgan fingerprint density at radius 2 is 2.14 bits per heavy atom. The highest BCUT2D eigenvalue weighted by atomic mass is 32.2. The summed E-state index contributed by atoms with van der Waals surface area (Å²) in [5.41, 5.74) is 1.66. The summed E-state index contributed by atoms with van der Waals surface area (Å²) in [5.74, 6) is -0.00832. The van der Waals surface area contributed by atoms with Crippen LogP contribution in [0.5, 0.6) is 0 Å². The number of hydrogen-bond donors (Lipinski definition) is 0. The third kappa shape index (κ3) is 4.81. The summed E-state index contributed by atoms with van der Waals surface area (Å²) in [6.07, 6.45) is 1.70. The quantitative estimate of drug-likeness (QED) is 0.792. The Kier molecular flexibility index (Phi) is 5.24. The van der Waals surface area contributed by atoms with Gasteiger partial charge in [-0.2, -0.15) is 0 Å². The number of pyridine rings is 1. The van der Waals surface area contributed by atoms with E-state index >= 15 is 0 Å². The number of rotatable bonds is 4. The lowest BCUT2D eigenvalue weighted by atomic mass is 10.2. The van der Waals surface area contributed by atoms with Crippen LogP contribution in [0.3, 0.4) is 0 Å². The second-order valence-corrected chi connectivity index (χ2v) is 8.93. The molecule has 118 valence electrons. The maximum Gasteiger partial charge on any atom is 0.254 e. The smallest absolute Gasteiger partial charge is 0.254 e. The fraction of sp³-hybridized carbons (Fsp3) is 0.438. The first kappa shape index (κ1) is 17.0. The molecule has 0 atom stereocenters. The maximum absolute atomic E-state index is 12.5.